The highest BCUT2D eigenvalue weighted by atomic mass is 16.5. The summed E-state index contributed by atoms with van der Waals surface area (Å²) in [7, 11) is 3.23. The van der Waals surface area contributed by atoms with Crippen LogP contribution in [0.5, 0.6) is 5.75 Å². The van der Waals surface area contributed by atoms with Gasteiger partial charge in [0.2, 0.25) is 11.7 Å². The zero-order valence-electron chi connectivity index (χ0n) is 18.5. The number of ether oxygens (including phenoxy) is 2. The summed E-state index contributed by atoms with van der Waals surface area (Å²) >= 11 is 0. The van der Waals surface area contributed by atoms with Gasteiger partial charge in [-0.05, 0) is 23.3 Å². The molecule has 1 amide bonds. The van der Waals surface area contributed by atoms with Crippen molar-refractivity contribution in [2.75, 3.05) is 40.4 Å². The topological polar surface area (TPSA) is 80.9 Å². The highest BCUT2D eigenvalue weighted by molar-refractivity contribution is 5.79. The third-order valence-corrected chi connectivity index (χ3v) is 5.59. The van der Waals surface area contributed by atoms with E-state index in [1.807, 2.05) is 41.3 Å². The van der Waals surface area contributed by atoms with Gasteiger partial charge < -0.3 is 18.9 Å². The van der Waals surface area contributed by atoms with Crippen LogP contribution >= 0.6 is 0 Å². The molecule has 1 aliphatic rings. The first-order valence-corrected chi connectivity index (χ1v) is 10.7. The summed E-state index contributed by atoms with van der Waals surface area (Å²) in [6, 6.07) is 15.9. The minimum atomic E-state index is 0.173. The second-order valence-electron chi connectivity index (χ2n) is 7.82. The summed E-state index contributed by atoms with van der Waals surface area (Å²) in [5, 5.41) is 3.99. The lowest BCUT2D eigenvalue weighted by Gasteiger charge is -2.35. The Morgan fingerprint density at radius 3 is 2.31 bits per heavy atom. The van der Waals surface area contributed by atoms with Crippen LogP contribution in [-0.4, -0.2) is 66.2 Å². The van der Waals surface area contributed by atoms with Gasteiger partial charge in [0, 0.05) is 45.4 Å². The number of benzene rings is 2. The Labute approximate surface area is 187 Å². The van der Waals surface area contributed by atoms with Crippen LogP contribution in [0.15, 0.2) is 53.1 Å². The summed E-state index contributed by atoms with van der Waals surface area (Å²) in [4.78, 5) is 21.3. The minimum Gasteiger partial charge on any atom is -0.497 e. The molecule has 0 N–H and O–H groups in total. The number of nitrogens with zero attached hydrogens (tertiary/aromatic N) is 4. The molecule has 0 bridgehead atoms. The van der Waals surface area contributed by atoms with E-state index in [1.54, 1.807) is 14.2 Å². The Bertz CT molecular complexity index is 1010. The van der Waals surface area contributed by atoms with Crippen molar-refractivity contribution < 1.29 is 18.8 Å². The molecule has 1 aromatic heterocycles. The van der Waals surface area contributed by atoms with Crippen molar-refractivity contribution in [1.82, 2.24) is 19.9 Å². The first-order chi connectivity index (χ1) is 15.6. The Kier molecular flexibility index (Phi) is 7.14. The summed E-state index contributed by atoms with van der Waals surface area (Å²) in [5.74, 6) is 2.00. The predicted molar refractivity (Wildman–Crippen MR) is 119 cm³/mol. The van der Waals surface area contributed by atoms with Gasteiger partial charge in [-0.25, -0.2) is 0 Å². The number of methoxy groups -OCH3 is 2. The van der Waals surface area contributed by atoms with Gasteiger partial charge in [0.05, 0.1) is 13.5 Å². The zero-order chi connectivity index (χ0) is 22.3. The van der Waals surface area contributed by atoms with Gasteiger partial charge in [-0.2, -0.15) is 4.98 Å². The molecule has 3 aromatic rings. The smallest absolute Gasteiger partial charge is 0.252 e. The maximum absolute atomic E-state index is 12.7. The maximum atomic E-state index is 12.7. The molecule has 0 spiro atoms. The predicted octanol–water partition coefficient (Wildman–Crippen LogP) is 2.78. The molecule has 0 aliphatic carbocycles. The third kappa shape index (κ3) is 5.52. The molecular weight excluding hydrogens is 408 g/mol. The number of carbonyl (C=O) groups excluding carboxylic acids is 1. The van der Waals surface area contributed by atoms with E-state index in [9.17, 15) is 4.79 Å². The van der Waals surface area contributed by atoms with Crippen molar-refractivity contribution in [1.29, 1.82) is 0 Å². The largest absolute Gasteiger partial charge is 0.497 e. The Morgan fingerprint density at radius 1 is 0.969 bits per heavy atom. The first kappa shape index (κ1) is 22.0. The van der Waals surface area contributed by atoms with Gasteiger partial charge >= 0.3 is 0 Å². The van der Waals surface area contributed by atoms with E-state index >= 15 is 0 Å². The average Bonchev–Trinajstić information content (AvgIpc) is 3.29. The normalized spacial score (nSPS) is 14.5. The van der Waals surface area contributed by atoms with E-state index in [1.165, 1.54) is 5.56 Å². The van der Waals surface area contributed by atoms with Gasteiger partial charge in [0.15, 0.2) is 0 Å². The zero-order valence-corrected chi connectivity index (χ0v) is 18.5. The summed E-state index contributed by atoms with van der Waals surface area (Å²) in [6.07, 6.45) is 0.424. The lowest BCUT2D eigenvalue weighted by Crippen LogP contribution is -2.48. The van der Waals surface area contributed by atoms with E-state index in [0.29, 0.717) is 24.7 Å². The van der Waals surface area contributed by atoms with Crippen LogP contribution in [0.25, 0.3) is 11.4 Å². The highest BCUT2D eigenvalue weighted by Gasteiger charge is 2.21. The standard InChI is InChI=1S/C24H28N4O4/c1-30-17-22-25-24(26-32-22)20-7-3-19(4-8-20)16-27-11-13-28(14-12-27)23(29)15-18-5-9-21(31-2)10-6-18/h3-10H,11-17H2,1-2H3. The number of hydrogen-bond donors (Lipinski definition) is 0. The molecule has 1 saturated heterocycles. The first-order valence-electron chi connectivity index (χ1n) is 10.7. The number of amides is 1. The Morgan fingerprint density at radius 2 is 1.66 bits per heavy atom. The molecule has 1 aliphatic heterocycles. The molecular formula is C24H28N4O4. The summed E-state index contributed by atoms with van der Waals surface area (Å²) < 4.78 is 15.3. The molecule has 2 aromatic carbocycles. The van der Waals surface area contributed by atoms with Gasteiger partial charge in [-0.1, -0.05) is 41.6 Å². The van der Waals surface area contributed by atoms with Gasteiger partial charge in [-0.15, -0.1) is 0 Å². The van der Waals surface area contributed by atoms with Gasteiger partial charge in [-0.3, -0.25) is 9.69 Å². The number of aromatic nitrogens is 2. The van der Waals surface area contributed by atoms with Crippen molar-refractivity contribution in [3.63, 3.8) is 0 Å². The molecule has 1 fully saturated rings. The quantitative estimate of drug-likeness (QED) is 0.537. The monoisotopic (exact) mass is 436 g/mol. The van der Waals surface area contributed by atoms with Crippen LogP contribution in [0.4, 0.5) is 0 Å². The number of rotatable bonds is 8. The second kappa shape index (κ2) is 10.4. The van der Waals surface area contributed by atoms with E-state index in [-0.39, 0.29) is 5.91 Å². The van der Waals surface area contributed by atoms with Gasteiger partial charge in [0.1, 0.15) is 12.4 Å². The number of hydrogen-bond acceptors (Lipinski definition) is 7. The van der Waals surface area contributed by atoms with Crippen LogP contribution < -0.4 is 4.74 Å². The number of piperazine rings is 1. The lowest BCUT2D eigenvalue weighted by molar-refractivity contribution is -0.132. The fourth-order valence-electron chi connectivity index (χ4n) is 3.76. The minimum absolute atomic E-state index is 0.173. The fraction of sp³-hybridized carbons (Fsp3) is 0.375. The molecule has 4 rings (SSSR count). The van der Waals surface area contributed by atoms with Gasteiger partial charge in [0.25, 0.3) is 5.89 Å². The third-order valence-electron chi connectivity index (χ3n) is 5.59. The van der Waals surface area contributed by atoms with E-state index in [4.69, 9.17) is 14.0 Å². The maximum Gasteiger partial charge on any atom is 0.252 e. The SMILES string of the molecule is COCc1nc(-c2ccc(CN3CCN(C(=O)Cc4ccc(OC)cc4)CC3)cc2)no1. The fourth-order valence-corrected chi connectivity index (χ4v) is 3.76. The van der Waals surface area contributed by atoms with Crippen molar-refractivity contribution in [2.45, 2.75) is 19.6 Å². The van der Waals surface area contributed by atoms with E-state index in [0.717, 1.165) is 49.6 Å². The van der Waals surface area contributed by atoms with Crippen LogP contribution in [-0.2, 0) is 29.1 Å². The van der Waals surface area contributed by atoms with Crippen molar-refractivity contribution in [3.8, 4) is 17.1 Å². The molecule has 32 heavy (non-hydrogen) atoms. The van der Waals surface area contributed by atoms with E-state index < -0.39 is 0 Å². The Balaban J connectivity index is 1.25. The van der Waals surface area contributed by atoms with Crippen molar-refractivity contribution in [2.24, 2.45) is 0 Å². The van der Waals surface area contributed by atoms with Crippen LogP contribution in [0, 0.1) is 0 Å². The molecule has 2 heterocycles. The summed E-state index contributed by atoms with van der Waals surface area (Å²) in [6.45, 7) is 4.38. The molecule has 8 nitrogen and oxygen atoms in total. The molecule has 168 valence electrons. The van der Waals surface area contributed by atoms with E-state index in [2.05, 4.69) is 27.2 Å². The van der Waals surface area contributed by atoms with Crippen LogP contribution in [0.2, 0.25) is 0 Å². The number of carbonyl (C=O) groups is 1. The highest BCUT2D eigenvalue weighted by Crippen LogP contribution is 2.18. The van der Waals surface area contributed by atoms with Crippen molar-refractivity contribution in [3.05, 3.63) is 65.5 Å². The molecule has 0 radical (unpaired) electrons. The summed E-state index contributed by atoms with van der Waals surface area (Å²) in [5.41, 5.74) is 3.13. The molecule has 0 atom stereocenters. The molecule has 0 saturated carbocycles. The molecule has 0 unspecified atom stereocenters. The molecule has 8 heteroatoms. The Hall–Kier alpha value is -3.23. The lowest BCUT2D eigenvalue weighted by atomic mass is 10.1. The van der Waals surface area contributed by atoms with Crippen LogP contribution in [0.1, 0.15) is 17.0 Å². The second-order valence-corrected chi connectivity index (χ2v) is 7.82. The van der Waals surface area contributed by atoms with Crippen LogP contribution in [0.3, 0.4) is 0 Å². The average molecular weight is 437 g/mol. The van der Waals surface area contributed by atoms with Crippen molar-refractivity contribution >= 4 is 5.91 Å².